The molecule has 1 aliphatic heterocycles. The molecule has 2 aromatic carbocycles. The van der Waals surface area contributed by atoms with Crippen LogP contribution in [0.2, 0.25) is 0 Å². The van der Waals surface area contributed by atoms with E-state index in [9.17, 15) is 9.59 Å². The fraction of sp³-hybridized carbons (Fsp3) is 0.227. The number of carbonyl (C=O) groups is 1. The quantitative estimate of drug-likeness (QED) is 0.614. The molecule has 0 aliphatic carbocycles. The van der Waals surface area contributed by atoms with Gasteiger partial charge in [-0.3, -0.25) is 9.59 Å². The molecule has 1 aliphatic rings. The number of aromatic nitrogens is 2. The highest BCUT2D eigenvalue weighted by molar-refractivity contribution is 7.99. The highest BCUT2D eigenvalue weighted by atomic mass is 32.2. The van der Waals surface area contributed by atoms with Crippen LogP contribution in [0.3, 0.4) is 0 Å². The number of fused-ring (bicyclic) bond motifs is 1. The number of thioether (sulfide) groups is 1. The summed E-state index contributed by atoms with van der Waals surface area (Å²) in [6, 6.07) is 14.4. The second-order valence-electron chi connectivity index (χ2n) is 6.94. The van der Waals surface area contributed by atoms with Crippen LogP contribution in [0.25, 0.3) is 5.69 Å². The van der Waals surface area contributed by atoms with Gasteiger partial charge in [-0.2, -0.15) is 9.78 Å². The SMILES string of the molecule is Cc1ccc(-n2nc(SCC(=O)NCc3ccc4c(c3)OCO4)ccc2=O)cc1C. The summed E-state index contributed by atoms with van der Waals surface area (Å²) in [6.45, 7) is 4.63. The molecule has 0 atom stereocenters. The first-order chi connectivity index (χ1) is 14.5. The van der Waals surface area contributed by atoms with Crippen molar-refractivity contribution in [2.24, 2.45) is 0 Å². The molecule has 0 bridgehead atoms. The van der Waals surface area contributed by atoms with Crippen LogP contribution in [-0.4, -0.2) is 28.2 Å². The summed E-state index contributed by atoms with van der Waals surface area (Å²) in [4.78, 5) is 24.5. The minimum Gasteiger partial charge on any atom is -0.454 e. The average molecular weight is 423 g/mol. The second-order valence-corrected chi connectivity index (χ2v) is 7.94. The maximum absolute atomic E-state index is 12.2. The molecule has 0 unspecified atom stereocenters. The lowest BCUT2D eigenvalue weighted by Crippen LogP contribution is -2.25. The number of ether oxygens (including phenoxy) is 2. The van der Waals surface area contributed by atoms with E-state index in [1.807, 2.05) is 50.2 Å². The third kappa shape index (κ3) is 4.49. The normalized spacial score (nSPS) is 12.1. The van der Waals surface area contributed by atoms with Gasteiger partial charge in [0.05, 0.1) is 11.4 Å². The summed E-state index contributed by atoms with van der Waals surface area (Å²) in [5.74, 6) is 1.48. The predicted octanol–water partition coefficient (Wildman–Crippen LogP) is 2.99. The maximum Gasteiger partial charge on any atom is 0.271 e. The number of hydrogen-bond donors (Lipinski definition) is 1. The van der Waals surface area contributed by atoms with Crippen molar-refractivity contribution in [1.29, 1.82) is 0 Å². The Hall–Kier alpha value is -3.26. The van der Waals surface area contributed by atoms with Crippen LogP contribution in [0, 0.1) is 13.8 Å². The van der Waals surface area contributed by atoms with Gasteiger partial charge in [0.15, 0.2) is 11.5 Å². The molecule has 1 aromatic heterocycles. The third-order valence-electron chi connectivity index (χ3n) is 4.79. The summed E-state index contributed by atoms with van der Waals surface area (Å²) < 4.78 is 12.0. The number of hydrogen-bond acceptors (Lipinski definition) is 6. The van der Waals surface area contributed by atoms with E-state index in [0.717, 1.165) is 16.7 Å². The molecular formula is C22H21N3O4S. The fourth-order valence-electron chi connectivity index (χ4n) is 2.96. The Bertz CT molecular complexity index is 1160. The van der Waals surface area contributed by atoms with Gasteiger partial charge in [0.2, 0.25) is 12.7 Å². The third-order valence-corrected chi connectivity index (χ3v) is 5.71. The maximum atomic E-state index is 12.2. The van der Waals surface area contributed by atoms with Gasteiger partial charge in [-0.05, 0) is 60.9 Å². The molecule has 7 nitrogen and oxygen atoms in total. The van der Waals surface area contributed by atoms with Crippen LogP contribution in [0.5, 0.6) is 11.5 Å². The van der Waals surface area contributed by atoms with Crippen molar-refractivity contribution in [3.63, 3.8) is 0 Å². The Kier molecular flexibility index (Phi) is 5.76. The van der Waals surface area contributed by atoms with E-state index >= 15 is 0 Å². The number of nitrogens with one attached hydrogen (secondary N) is 1. The van der Waals surface area contributed by atoms with Crippen molar-refractivity contribution in [2.75, 3.05) is 12.5 Å². The molecule has 0 saturated heterocycles. The van der Waals surface area contributed by atoms with E-state index in [-0.39, 0.29) is 24.0 Å². The monoisotopic (exact) mass is 423 g/mol. The minimum atomic E-state index is -0.213. The zero-order valence-corrected chi connectivity index (χ0v) is 17.5. The lowest BCUT2D eigenvalue weighted by atomic mass is 10.1. The molecule has 30 heavy (non-hydrogen) atoms. The van der Waals surface area contributed by atoms with E-state index in [0.29, 0.717) is 28.8 Å². The van der Waals surface area contributed by atoms with Crippen LogP contribution < -0.4 is 20.3 Å². The van der Waals surface area contributed by atoms with Crippen molar-refractivity contribution in [3.8, 4) is 17.2 Å². The molecule has 0 saturated carbocycles. The smallest absolute Gasteiger partial charge is 0.271 e. The van der Waals surface area contributed by atoms with E-state index in [1.165, 1.54) is 22.5 Å². The van der Waals surface area contributed by atoms with E-state index in [1.54, 1.807) is 6.07 Å². The molecular weight excluding hydrogens is 402 g/mol. The zero-order chi connectivity index (χ0) is 21.1. The Morgan fingerprint density at radius 3 is 2.73 bits per heavy atom. The molecule has 1 amide bonds. The molecule has 0 fully saturated rings. The summed E-state index contributed by atoms with van der Waals surface area (Å²) >= 11 is 1.28. The van der Waals surface area contributed by atoms with Gasteiger partial charge in [-0.15, -0.1) is 0 Å². The molecule has 0 radical (unpaired) electrons. The van der Waals surface area contributed by atoms with Crippen molar-refractivity contribution >= 4 is 17.7 Å². The summed E-state index contributed by atoms with van der Waals surface area (Å²) in [5, 5.41) is 7.88. The average Bonchev–Trinajstić information content (AvgIpc) is 3.21. The van der Waals surface area contributed by atoms with Crippen LogP contribution in [0.1, 0.15) is 16.7 Å². The van der Waals surface area contributed by atoms with Crippen molar-refractivity contribution in [2.45, 2.75) is 25.4 Å². The van der Waals surface area contributed by atoms with Crippen LogP contribution >= 0.6 is 11.8 Å². The highest BCUT2D eigenvalue weighted by Crippen LogP contribution is 2.32. The zero-order valence-electron chi connectivity index (χ0n) is 16.7. The van der Waals surface area contributed by atoms with Gasteiger partial charge in [0.1, 0.15) is 5.03 Å². The van der Waals surface area contributed by atoms with Crippen molar-refractivity contribution in [3.05, 3.63) is 75.6 Å². The highest BCUT2D eigenvalue weighted by Gasteiger charge is 2.13. The van der Waals surface area contributed by atoms with Gasteiger partial charge < -0.3 is 14.8 Å². The summed E-state index contributed by atoms with van der Waals surface area (Å²) in [5.41, 5.74) is 3.66. The first-order valence-electron chi connectivity index (χ1n) is 9.45. The van der Waals surface area contributed by atoms with E-state index in [2.05, 4.69) is 10.4 Å². The van der Waals surface area contributed by atoms with Gasteiger partial charge in [0, 0.05) is 12.6 Å². The van der Waals surface area contributed by atoms with Gasteiger partial charge in [-0.1, -0.05) is 23.9 Å². The van der Waals surface area contributed by atoms with Crippen LogP contribution in [0.4, 0.5) is 0 Å². The largest absolute Gasteiger partial charge is 0.454 e. The first kappa shape index (κ1) is 20.0. The van der Waals surface area contributed by atoms with Crippen molar-refractivity contribution in [1.82, 2.24) is 15.1 Å². The number of carbonyl (C=O) groups excluding carboxylic acids is 1. The number of nitrogens with zero attached hydrogens (tertiary/aromatic N) is 2. The van der Waals surface area contributed by atoms with E-state index in [4.69, 9.17) is 9.47 Å². The van der Waals surface area contributed by atoms with E-state index < -0.39 is 0 Å². The van der Waals surface area contributed by atoms with Gasteiger partial charge >= 0.3 is 0 Å². The fourth-order valence-corrected chi connectivity index (χ4v) is 3.64. The Labute approximate surface area is 178 Å². The second kappa shape index (κ2) is 8.62. The Morgan fingerprint density at radius 1 is 1.07 bits per heavy atom. The molecule has 0 spiro atoms. The topological polar surface area (TPSA) is 82.5 Å². The number of aryl methyl sites for hydroxylation is 2. The molecule has 8 heteroatoms. The summed E-state index contributed by atoms with van der Waals surface area (Å²) in [7, 11) is 0. The predicted molar refractivity (Wildman–Crippen MR) is 114 cm³/mol. The van der Waals surface area contributed by atoms with Gasteiger partial charge in [0.25, 0.3) is 5.56 Å². The Morgan fingerprint density at radius 2 is 1.90 bits per heavy atom. The molecule has 4 rings (SSSR count). The van der Waals surface area contributed by atoms with Crippen LogP contribution in [0.15, 0.2) is 58.4 Å². The number of amides is 1. The Balaban J connectivity index is 1.37. The number of benzene rings is 2. The molecule has 3 aromatic rings. The molecule has 154 valence electrons. The molecule has 2 heterocycles. The number of rotatable bonds is 6. The first-order valence-corrected chi connectivity index (χ1v) is 10.4. The van der Waals surface area contributed by atoms with Crippen LogP contribution in [-0.2, 0) is 11.3 Å². The van der Waals surface area contributed by atoms with Gasteiger partial charge in [-0.25, -0.2) is 0 Å². The molecule has 1 N–H and O–H groups in total. The lowest BCUT2D eigenvalue weighted by molar-refractivity contribution is -0.118. The van der Waals surface area contributed by atoms with Crippen molar-refractivity contribution < 1.29 is 14.3 Å². The standard InChI is InChI=1S/C22H21N3O4S/c1-14-3-5-17(9-15(14)2)25-22(27)8-7-21(24-25)30-12-20(26)23-11-16-4-6-18-19(10-16)29-13-28-18/h3-10H,11-13H2,1-2H3,(H,23,26). The lowest BCUT2D eigenvalue weighted by Gasteiger charge is -2.09. The minimum absolute atomic E-state index is 0.122. The summed E-state index contributed by atoms with van der Waals surface area (Å²) in [6.07, 6.45) is 0.